The average Bonchev–Trinajstić information content (AvgIpc) is 3.55. The first-order valence-corrected chi connectivity index (χ1v) is 11.4. The molecule has 4 aromatic rings. The highest BCUT2D eigenvalue weighted by Gasteiger charge is 2.20. The van der Waals surface area contributed by atoms with Crippen LogP contribution in [-0.2, 0) is 13.0 Å². The molecule has 0 unspecified atom stereocenters. The fourth-order valence-electron chi connectivity index (χ4n) is 3.90. The number of anilines is 1. The van der Waals surface area contributed by atoms with E-state index in [9.17, 15) is 9.18 Å². The van der Waals surface area contributed by atoms with Crippen LogP contribution in [0.4, 0.5) is 9.52 Å². The zero-order chi connectivity index (χ0) is 21.9. The molecule has 164 valence electrons. The van der Waals surface area contributed by atoms with Crippen LogP contribution in [0.3, 0.4) is 0 Å². The van der Waals surface area contributed by atoms with Crippen LogP contribution in [0.5, 0.6) is 0 Å². The smallest absolute Gasteiger partial charge is 0.278 e. The molecule has 0 radical (unpaired) electrons. The average molecular weight is 452 g/mol. The number of aromatic nitrogens is 5. The van der Waals surface area contributed by atoms with Gasteiger partial charge in [0.2, 0.25) is 5.13 Å². The lowest BCUT2D eigenvalue weighted by Crippen LogP contribution is -2.21. The molecule has 32 heavy (non-hydrogen) atoms. The van der Waals surface area contributed by atoms with E-state index >= 15 is 0 Å². The van der Waals surface area contributed by atoms with Crippen LogP contribution in [0.25, 0.3) is 11.0 Å². The second-order valence-electron chi connectivity index (χ2n) is 7.73. The summed E-state index contributed by atoms with van der Waals surface area (Å²) in [7, 11) is 0. The first kappa shape index (κ1) is 20.7. The van der Waals surface area contributed by atoms with Crippen molar-refractivity contribution in [3.05, 3.63) is 64.7 Å². The third kappa shape index (κ3) is 4.37. The van der Waals surface area contributed by atoms with Crippen LogP contribution in [0, 0.1) is 5.82 Å². The third-order valence-electron chi connectivity index (χ3n) is 5.53. The molecule has 0 saturated carbocycles. The summed E-state index contributed by atoms with van der Waals surface area (Å²) < 4.78 is 15.7. The van der Waals surface area contributed by atoms with Gasteiger partial charge >= 0.3 is 0 Å². The molecule has 10 heteroatoms. The number of nitrogens with zero attached hydrogens (tertiary/aromatic N) is 6. The highest BCUT2D eigenvalue weighted by atomic mass is 32.1. The number of carbonyl (C=O) groups excluding carboxylic acids is 1. The minimum atomic E-state index is -0.391. The van der Waals surface area contributed by atoms with Crippen molar-refractivity contribution in [1.82, 2.24) is 29.9 Å². The SMILES string of the molecule is O=C(Nc1nnc(CCN2CCCC2)s1)c1nn(Cc2ccccc2F)c2ncccc12. The number of likely N-dealkylation sites (tertiary alicyclic amines) is 1. The predicted molar refractivity (Wildman–Crippen MR) is 120 cm³/mol. The number of fused-ring (bicyclic) bond motifs is 1. The molecule has 1 amide bonds. The van der Waals surface area contributed by atoms with Gasteiger partial charge in [-0.3, -0.25) is 10.1 Å². The molecule has 1 saturated heterocycles. The summed E-state index contributed by atoms with van der Waals surface area (Å²) in [5.41, 5.74) is 1.21. The lowest BCUT2D eigenvalue weighted by molar-refractivity contribution is 0.102. The predicted octanol–water partition coefficient (Wildman–Crippen LogP) is 3.36. The molecular weight excluding hydrogens is 429 g/mol. The van der Waals surface area contributed by atoms with Crippen molar-refractivity contribution < 1.29 is 9.18 Å². The lowest BCUT2D eigenvalue weighted by Gasteiger charge is -2.12. The molecule has 0 aliphatic carbocycles. The molecule has 4 heterocycles. The van der Waals surface area contributed by atoms with Gasteiger partial charge in [-0.15, -0.1) is 10.2 Å². The lowest BCUT2D eigenvalue weighted by atomic mass is 10.2. The Kier molecular flexibility index (Phi) is 5.87. The normalized spacial score (nSPS) is 14.3. The van der Waals surface area contributed by atoms with Crippen LogP contribution in [0.1, 0.15) is 33.9 Å². The summed E-state index contributed by atoms with van der Waals surface area (Å²) >= 11 is 1.38. The van der Waals surface area contributed by atoms with E-state index in [-0.39, 0.29) is 18.1 Å². The van der Waals surface area contributed by atoms with Crippen LogP contribution < -0.4 is 5.32 Å². The third-order valence-corrected chi connectivity index (χ3v) is 6.43. The number of rotatable bonds is 7. The van der Waals surface area contributed by atoms with Crippen LogP contribution in [0.2, 0.25) is 0 Å². The van der Waals surface area contributed by atoms with Gasteiger partial charge in [-0.1, -0.05) is 29.5 Å². The maximum Gasteiger partial charge on any atom is 0.278 e. The molecule has 1 N–H and O–H groups in total. The van der Waals surface area contributed by atoms with E-state index in [0.29, 0.717) is 21.7 Å². The number of pyridine rings is 1. The Labute approximate surface area is 188 Å². The van der Waals surface area contributed by atoms with Gasteiger partial charge in [-0.05, 0) is 44.1 Å². The summed E-state index contributed by atoms with van der Waals surface area (Å²) in [5, 5.41) is 17.5. The minimum absolute atomic E-state index is 0.174. The zero-order valence-electron chi connectivity index (χ0n) is 17.4. The van der Waals surface area contributed by atoms with E-state index in [0.717, 1.165) is 31.1 Å². The summed E-state index contributed by atoms with van der Waals surface area (Å²) in [6.45, 7) is 3.41. The second kappa shape index (κ2) is 9.09. The molecule has 1 aromatic carbocycles. The molecule has 3 aromatic heterocycles. The maximum absolute atomic E-state index is 14.1. The standard InChI is InChI=1S/C22H22FN7OS/c23-17-8-2-1-6-15(17)14-30-20-16(7-5-10-24-20)19(28-30)21(31)25-22-27-26-18(32-22)9-13-29-11-3-4-12-29/h1-2,5-8,10H,3-4,9,11-14H2,(H,25,27,31). The van der Waals surface area contributed by atoms with Crippen molar-refractivity contribution in [2.75, 3.05) is 25.0 Å². The van der Waals surface area contributed by atoms with Crippen LogP contribution in [-0.4, -0.2) is 55.4 Å². The van der Waals surface area contributed by atoms with E-state index < -0.39 is 5.91 Å². The van der Waals surface area contributed by atoms with Gasteiger partial charge in [0.15, 0.2) is 11.3 Å². The summed E-state index contributed by atoms with van der Waals surface area (Å²) in [6, 6.07) is 10.0. The Morgan fingerprint density at radius 3 is 2.81 bits per heavy atom. The summed E-state index contributed by atoms with van der Waals surface area (Å²) in [5.74, 6) is -0.717. The van der Waals surface area contributed by atoms with Gasteiger partial charge < -0.3 is 4.90 Å². The van der Waals surface area contributed by atoms with Crippen molar-refractivity contribution in [3.8, 4) is 0 Å². The number of nitrogens with one attached hydrogen (secondary N) is 1. The fraction of sp³-hybridized carbons (Fsp3) is 0.318. The number of amides is 1. The van der Waals surface area contributed by atoms with E-state index in [1.165, 1.54) is 30.2 Å². The first-order valence-electron chi connectivity index (χ1n) is 10.6. The summed E-state index contributed by atoms with van der Waals surface area (Å²) in [4.78, 5) is 19.7. The van der Waals surface area contributed by atoms with Crippen LogP contribution in [0.15, 0.2) is 42.6 Å². The Morgan fingerprint density at radius 1 is 1.12 bits per heavy atom. The highest BCUT2D eigenvalue weighted by molar-refractivity contribution is 7.15. The largest absolute Gasteiger partial charge is 0.303 e. The zero-order valence-corrected chi connectivity index (χ0v) is 18.2. The summed E-state index contributed by atoms with van der Waals surface area (Å²) in [6.07, 6.45) is 4.95. The number of hydrogen-bond donors (Lipinski definition) is 1. The first-order chi connectivity index (χ1) is 15.7. The molecule has 8 nitrogen and oxygen atoms in total. The number of halogens is 1. The molecule has 0 atom stereocenters. The fourth-order valence-corrected chi connectivity index (χ4v) is 4.62. The van der Waals surface area contributed by atoms with Crippen molar-refractivity contribution in [2.45, 2.75) is 25.8 Å². The number of benzene rings is 1. The van der Waals surface area contributed by atoms with Crippen molar-refractivity contribution in [2.24, 2.45) is 0 Å². The maximum atomic E-state index is 14.1. The quantitative estimate of drug-likeness (QED) is 0.464. The molecule has 5 rings (SSSR count). The van der Waals surface area contributed by atoms with Gasteiger partial charge in [0.25, 0.3) is 5.91 Å². The Balaban J connectivity index is 1.33. The van der Waals surface area contributed by atoms with Gasteiger partial charge in [0.05, 0.1) is 11.9 Å². The number of hydrogen-bond acceptors (Lipinski definition) is 7. The van der Waals surface area contributed by atoms with Gasteiger partial charge in [0, 0.05) is 24.7 Å². The van der Waals surface area contributed by atoms with Gasteiger partial charge in [-0.2, -0.15) is 5.10 Å². The molecular formula is C22H22FN7OS. The molecule has 1 aliphatic rings. The Hall–Kier alpha value is -3.24. The Bertz CT molecular complexity index is 1250. The highest BCUT2D eigenvalue weighted by Crippen LogP contribution is 2.22. The Morgan fingerprint density at radius 2 is 1.97 bits per heavy atom. The second-order valence-corrected chi connectivity index (χ2v) is 8.79. The van der Waals surface area contributed by atoms with E-state index in [1.54, 1.807) is 41.2 Å². The van der Waals surface area contributed by atoms with Crippen LogP contribution >= 0.6 is 11.3 Å². The molecule has 0 bridgehead atoms. The molecule has 1 aliphatic heterocycles. The molecule has 0 spiro atoms. The van der Waals surface area contributed by atoms with E-state index in [2.05, 4.69) is 30.5 Å². The van der Waals surface area contributed by atoms with E-state index in [4.69, 9.17) is 0 Å². The van der Waals surface area contributed by atoms with E-state index in [1.807, 2.05) is 0 Å². The van der Waals surface area contributed by atoms with Gasteiger partial charge in [0.1, 0.15) is 10.8 Å². The minimum Gasteiger partial charge on any atom is -0.303 e. The van der Waals surface area contributed by atoms with Crippen molar-refractivity contribution in [3.63, 3.8) is 0 Å². The van der Waals surface area contributed by atoms with Gasteiger partial charge in [-0.25, -0.2) is 14.1 Å². The van der Waals surface area contributed by atoms with Crippen molar-refractivity contribution in [1.29, 1.82) is 0 Å². The topological polar surface area (TPSA) is 88.8 Å². The monoisotopic (exact) mass is 451 g/mol. The van der Waals surface area contributed by atoms with Crippen molar-refractivity contribution >= 4 is 33.4 Å². The number of carbonyl (C=O) groups is 1. The molecule has 1 fully saturated rings.